The van der Waals surface area contributed by atoms with Gasteiger partial charge in [-0.05, 0) is 49.3 Å². The van der Waals surface area contributed by atoms with Gasteiger partial charge < -0.3 is 5.32 Å². The second kappa shape index (κ2) is 6.57. The number of rotatable bonds is 4. The predicted octanol–water partition coefficient (Wildman–Crippen LogP) is 4.19. The maximum absolute atomic E-state index is 4.55. The van der Waals surface area contributed by atoms with Crippen LogP contribution in [0.4, 0.5) is 0 Å². The van der Waals surface area contributed by atoms with Crippen LogP contribution in [0, 0.1) is 11.8 Å². The summed E-state index contributed by atoms with van der Waals surface area (Å²) >= 11 is 0. The van der Waals surface area contributed by atoms with Crippen LogP contribution >= 0.6 is 0 Å². The van der Waals surface area contributed by atoms with E-state index in [0.29, 0.717) is 6.04 Å². The summed E-state index contributed by atoms with van der Waals surface area (Å²) in [6.07, 6.45) is 7.05. The molecule has 2 aromatic rings. The maximum atomic E-state index is 4.55. The van der Waals surface area contributed by atoms with Gasteiger partial charge in [0.1, 0.15) is 0 Å². The molecule has 0 aliphatic heterocycles. The molecule has 0 bridgehead atoms. The molecule has 21 heavy (non-hydrogen) atoms. The Morgan fingerprint density at radius 3 is 2.90 bits per heavy atom. The molecule has 1 aromatic heterocycles. The van der Waals surface area contributed by atoms with Gasteiger partial charge in [-0.1, -0.05) is 44.5 Å². The van der Waals surface area contributed by atoms with Gasteiger partial charge in [0.15, 0.2) is 0 Å². The van der Waals surface area contributed by atoms with Crippen LogP contribution in [0.1, 0.15) is 38.7 Å². The summed E-state index contributed by atoms with van der Waals surface area (Å²) in [6.45, 7) is 5.83. The van der Waals surface area contributed by atoms with E-state index in [1.807, 2.05) is 12.3 Å². The minimum absolute atomic E-state index is 0.691. The third-order valence-electron chi connectivity index (χ3n) is 4.98. The molecule has 1 N–H and O–H groups in total. The van der Waals surface area contributed by atoms with Crippen molar-refractivity contribution >= 4 is 10.9 Å². The van der Waals surface area contributed by atoms with Gasteiger partial charge in [0.25, 0.3) is 0 Å². The average molecular weight is 282 g/mol. The number of benzene rings is 1. The summed E-state index contributed by atoms with van der Waals surface area (Å²) in [6, 6.07) is 11.3. The summed E-state index contributed by atoms with van der Waals surface area (Å²) < 4.78 is 0. The zero-order valence-electron chi connectivity index (χ0n) is 13.2. The lowest BCUT2D eigenvalue weighted by Crippen LogP contribution is -2.40. The van der Waals surface area contributed by atoms with Gasteiger partial charge in [-0.3, -0.25) is 4.98 Å². The Bertz CT molecular complexity index is 588. The number of para-hydroxylation sites is 1. The predicted molar refractivity (Wildman–Crippen MR) is 89.4 cm³/mol. The monoisotopic (exact) mass is 282 g/mol. The Kier molecular flexibility index (Phi) is 4.54. The largest absolute Gasteiger partial charge is 0.313 e. The minimum atomic E-state index is 0.691. The van der Waals surface area contributed by atoms with E-state index in [9.17, 15) is 0 Å². The molecule has 1 heterocycles. The molecule has 3 unspecified atom stereocenters. The van der Waals surface area contributed by atoms with Crippen molar-refractivity contribution in [3.8, 4) is 0 Å². The SMILES string of the molecule is CC1CCC(C)C(NCCc2cccc3cccnc23)C1. The second-order valence-corrected chi connectivity index (χ2v) is 6.70. The van der Waals surface area contributed by atoms with Crippen LogP contribution in [0.25, 0.3) is 10.9 Å². The highest BCUT2D eigenvalue weighted by Crippen LogP contribution is 2.28. The molecule has 2 nitrogen and oxygen atoms in total. The average Bonchev–Trinajstić information content (AvgIpc) is 2.51. The molecule has 1 fully saturated rings. The van der Waals surface area contributed by atoms with Gasteiger partial charge in [-0.25, -0.2) is 0 Å². The van der Waals surface area contributed by atoms with Crippen molar-refractivity contribution in [2.75, 3.05) is 6.54 Å². The Balaban J connectivity index is 1.62. The molecule has 1 aliphatic carbocycles. The molecular weight excluding hydrogens is 256 g/mol. The zero-order chi connectivity index (χ0) is 14.7. The van der Waals surface area contributed by atoms with E-state index in [-0.39, 0.29) is 0 Å². The highest BCUT2D eigenvalue weighted by molar-refractivity contribution is 5.81. The lowest BCUT2D eigenvalue weighted by Gasteiger charge is -2.33. The number of hydrogen-bond acceptors (Lipinski definition) is 2. The van der Waals surface area contributed by atoms with Crippen molar-refractivity contribution in [2.45, 2.75) is 45.6 Å². The van der Waals surface area contributed by atoms with Gasteiger partial charge >= 0.3 is 0 Å². The summed E-state index contributed by atoms with van der Waals surface area (Å²) in [5.41, 5.74) is 2.52. The second-order valence-electron chi connectivity index (χ2n) is 6.70. The van der Waals surface area contributed by atoms with Gasteiger partial charge in [0, 0.05) is 17.6 Å². The van der Waals surface area contributed by atoms with Crippen LogP contribution in [0.5, 0.6) is 0 Å². The molecule has 0 amide bonds. The highest BCUT2D eigenvalue weighted by Gasteiger charge is 2.24. The van der Waals surface area contributed by atoms with Crippen LogP contribution < -0.4 is 5.32 Å². The Morgan fingerprint density at radius 2 is 2.00 bits per heavy atom. The fraction of sp³-hybridized carbons (Fsp3) is 0.526. The number of hydrogen-bond donors (Lipinski definition) is 1. The van der Waals surface area contributed by atoms with Crippen LogP contribution in [-0.2, 0) is 6.42 Å². The molecule has 0 spiro atoms. The third kappa shape index (κ3) is 3.44. The lowest BCUT2D eigenvalue weighted by atomic mass is 9.80. The number of pyridine rings is 1. The molecule has 112 valence electrons. The molecule has 2 heteroatoms. The van der Waals surface area contributed by atoms with Crippen molar-refractivity contribution < 1.29 is 0 Å². The summed E-state index contributed by atoms with van der Waals surface area (Å²) in [5.74, 6) is 1.68. The van der Waals surface area contributed by atoms with Gasteiger partial charge in [-0.2, -0.15) is 0 Å². The van der Waals surface area contributed by atoms with Crippen LogP contribution in [0.15, 0.2) is 36.5 Å². The Labute approximate surface area is 128 Å². The van der Waals surface area contributed by atoms with E-state index < -0.39 is 0 Å². The summed E-state index contributed by atoms with van der Waals surface area (Å²) in [4.78, 5) is 4.55. The van der Waals surface area contributed by atoms with Crippen molar-refractivity contribution in [3.05, 3.63) is 42.1 Å². The molecule has 1 aliphatic rings. The lowest BCUT2D eigenvalue weighted by molar-refractivity contribution is 0.230. The first-order valence-corrected chi connectivity index (χ1v) is 8.30. The van der Waals surface area contributed by atoms with Crippen LogP contribution in [0.3, 0.4) is 0 Å². The fourth-order valence-electron chi connectivity index (χ4n) is 3.58. The van der Waals surface area contributed by atoms with Gasteiger partial charge in [-0.15, -0.1) is 0 Å². The van der Waals surface area contributed by atoms with Crippen molar-refractivity contribution in [1.82, 2.24) is 10.3 Å². The first-order chi connectivity index (χ1) is 10.2. The van der Waals surface area contributed by atoms with Crippen LogP contribution in [-0.4, -0.2) is 17.6 Å². The van der Waals surface area contributed by atoms with E-state index in [1.165, 1.54) is 30.2 Å². The first kappa shape index (κ1) is 14.5. The van der Waals surface area contributed by atoms with Gasteiger partial charge in [0.2, 0.25) is 0 Å². The normalized spacial score (nSPS) is 26.1. The molecule has 1 aromatic carbocycles. The maximum Gasteiger partial charge on any atom is 0.0734 e. The molecule has 3 rings (SSSR count). The zero-order valence-corrected chi connectivity index (χ0v) is 13.2. The van der Waals surface area contributed by atoms with E-state index in [4.69, 9.17) is 0 Å². The van der Waals surface area contributed by atoms with Gasteiger partial charge in [0.05, 0.1) is 5.52 Å². The molecule has 0 saturated heterocycles. The van der Waals surface area contributed by atoms with Crippen molar-refractivity contribution in [2.24, 2.45) is 11.8 Å². The topological polar surface area (TPSA) is 24.9 Å². The van der Waals surface area contributed by atoms with Crippen molar-refractivity contribution in [3.63, 3.8) is 0 Å². The number of fused-ring (bicyclic) bond motifs is 1. The number of aromatic nitrogens is 1. The first-order valence-electron chi connectivity index (χ1n) is 8.30. The van der Waals surface area contributed by atoms with E-state index in [2.05, 4.69) is 48.4 Å². The smallest absolute Gasteiger partial charge is 0.0734 e. The Hall–Kier alpha value is -1.41. The third-order valence-corrected chi connectivity index (χ3v) is 4.98. The summed E-state index contributed by atoms with van der Waals surface area (Å²) in [5, 5.41) is 5.03. The summed E-state index contributed by atoms with van der Waals surface area (Å²) in [7, 11) is 0. The molecule has 1 saturated carbocycles. The highest BCUT2D eigenvalue weighted by atomic mass is 14.9. The number of nitrogens with zero attached hydrogens (tertiary/aromatic N) is 1. The van der Waals surface area contributed by atoms with Crippen LogP contribution in [0.2, 0.25) is 0 Å². The molecule has 0 radical (unpaired) electrons. The molecular formula is C19H26N2. The quantitative estimate of drug-likeness (QED) is 0.909. The molecule has 3 atom stereocenters. The number of nitrogens with one attached hydrogen (secondary N) is 1. The minimum Gasteiger partial charge on any atom is -0.313 e. The van der Waals surface area contributed by atoms with E-state index >= 15 is 0 Å². The van der Waals surface area contributed by atoms with Crippen molar-refractivity contribution in [1.29, 1.82) is 0 Å². The standard InChI is InChI=1S/C19H26N2/c1-14-8-9-15(2)18(13-14)20-12-10-17-6-3-5-16-7-4-11-21-19(16)17/h3-7,11,14-15,18,20H,8-10,12-13H2,1-2H3. The Morgan fingerprint density at radius 1 is 1.14 bits per heavy atom. The van der Waals surface area contributed by atoms with E-state index in [0.717, 1.165) is 30.3 Å². The fourth-order valence-corrected chi connectivity index (χ4v) is 3.58. The van der Waals surface area contributed by atoms with E-state index in [1.54, 1.807) is 0 Å².